The third-order valence-electron chi connectivity index (χ3n) is 6.88. The van der Waals surface area contributed by atoms with E-state index in [0.29, 0.717) is 54.4 Å². The number of aromatic nitrogens is 2. The molecule has 2 unspecified atom stereocenters. The van der Waals surface area contributed by atoms with Crippen molar-refractivity contribution < 1.29 is 23.8 Å². The molecule has 6 rings (SSSR count). The minimum atomic E-state index is -1.07. The van der Waals surface area contributed by atoms with Crippen molar-refractivity contribution in [1.29, 1.82) is 0 Å². The van der Waals surface area contributed by atoms with Gasteiger partial charge >= 0.3 is 6.09 Å². The number of nitrogens with one attached hydrogen (secondary N) is 1. The van der Waals surface area contributed by atoms with E-state index in [1.54, 1.807) is 18.3 Å². The minimum absolute atomic E-state index is 0.0403. The molecule has 170 valence electrons. The van der Waals surface area contributed by atoms with Gasteiger partial charge in [-0.15, -0.1) is 0 Å². The van der Waals surface area contributed by atoms with E-state index < -0.39 is 11.9 Å². The van der Waals surface area contributed by atoms with E-state index in [4.69, 9.17) is 15.2 Å². The Morgan fingerprint density at radius 2 is 2.03 bits per heavy atom. The van der Waals surface area contributed by atoms with Gasteiger partial charge in [0.15, 0.2) is 5.82 Å². The van der Waals surface area contributed by atoms with Crippen LogP contribution in [0, 0.1) is 24.6 Å². The highest BCUT2D eigenvalue weighted by molar-refractivity contribution is 6.00. The first kappa shape index (κ1) is 20.0. The molecule has 2 aromatic heterocycles. The summed E-state index contributed by atoms with van der Waals surface area (Å²) in [4.78, 5) is 22.0. The molecule has 1 amide bonds. The molecule has 1 aromatic carbocycles. The molecule has 1 saturated carbocycles. The zero-order valence-corrected chi connectivity index (χ0v) is 17.8. The average Bonchev–Trinajstić information content (AvgIpc) is 3.24. The van der Waals surface area contributed by atoms with Crippen LogP contribution in [0.3, 0.4) is 0 Å². The van der Waals surface area contributed by atoms with Gasteiger partial charge in [-0.2, -0.15) is 0 Å². The first-order valence-corrected chi connectivity index (χ1v) is 10.8. The number of benzene rings is 1. The fourth-order valence-corrected chi connectivity index (χ4v) is 5.08. The fraction of sp³-hybridized carbons (Fsp3) is 0.348. The number of amides is 1. The maximum Gasteiger partial charge on any atom is 0.413 e. The van der Waals surface area contributed by atoms with Crippen LogP contribution < -0.4 is 20.7 Å². The van der Waals surface area contributed by atoms with Crippen LogP contribution in [0.1, 0.15) is 5.56 Å². The quantitative estimate of drug-likeness (QED) is 0.519. The summed E-state index contributed by atoms with van der Waals surface area (Å²) in [5, 5.41) is 14.2. The second kappa shape index (κ2) is 7.17. The van der Waals surface area contributed by atoms with Crippen molar-refractivity contribution in [2.24, 2.45) is 11.8 Å². The number of carboxylic acid groups (broad SMARTS) is 1. The lowest BCUT2D eigenvalue weighted by atomic mass is 9.97. The lowest BCUT2D eigenvalue weighted by Crippen LogP contribution is -2.35. The maximum absolute atomic E-state index is 15.4. The summed E-state index contributed by atoms with van der Waals surface area (Å²) in [7, 11) is 0. The molecule has 3 aromatic rings. The van der Waals surface area contributed by atoms with Crippen LogP contribution in [-0.2, 0) is 4.74 Å². The van der Waals surface area contributed by atoms with Gasteiger partial charge in [-0.3, -0.25) is 4.90 Å². The summed E-state index contributed by atoms with van der Waals surface area (Å²) in [6.45, 7) is 4.13. The number of nitrogen functional groups attached to an aromatic ring is 1. The second-order valence-electron chi connectivity index (χ2n) is 8.68. The van der Waals surface area contributed by atoms with Gasteiger partial charge < -0.3 is 25.6 Å². The van der Waals surface area contributed by atoms with Gasteiger partial charge in [0.1, 0.15) is 18.1 Å². The molecule has 1 saturated heterocycles. The van der Waals surface area contributed by atoms with Gasteiger partial charge in [0.2, 0.25) is 5.88 Å². The van der Waals surface area contributed by atoms with Crippen LogP contribution in [-0.4, -0.2) is 53.6 Å². The molecule has 2 aliphatic heterocycles. The normalized spacial score (nSPS) is 22.8. The monoisotopic (exact) mass is 451 g/mol. The van der Waals surface area contributed by atoms with E-state index in [9.17, 15) is 9.90 Å². The van der Waals surface area contributed by atoms with Gasteiger partial charge in [0.05, 0.1) is 24.9 Å². The van der Waals surface area contributed by atoms with Crippen LogP contribution in [0.2, 0.25) is 0 Å². The Bertz CT molecular complexity index is 1310. The summed E-state index contributed by atoms with van der Waals surface area (Å²) in [5.74, 6) is 0.585. The second-order valence-corrected chi connectivity index (χ2v) is 8.68. The Morgan fingerprint density at radius 3 is 2.79 bits per heavy atom. The van der Waals surface area contributed by atoms with E-state index >= 15 is 4.39 Å². The van der Waals surface area contributed by atoms with Gasteiger partial charge in [0.25, 0.3) is 0 Å². The lowest BCUT2D eigenvalue weighted by Gasteiger charge is -2.22. The molecule has 4 heterocycles. The molecule has 10 heteroatoms. The number of anilines is 3. The number of hydrogen-bond acceptors (Lipinski definition) is 7. The Balaban J connectivity index is 1.47. The number of carbonyl (C=O) groups is 1. The maximum atomic E-state index is 15.4. The molecule has 0 spiro atoms. The van der Waals surface area contributed by atoms with Crippen LogP contribution in [0.25, 0.3) is 21.9 Å². The SMILES string of the molecule is Cc1c(-c2cc3cc(N(C(=O)O)C4C5COCC54)ncc3c(N)c2F)cnc2c1NCCO2. The topological polar surface area (TPSA) is 123 Å². The molecule has 3 aliphatic rings. The summed E-state index contributed by atoms with van der Waals surface area (Å²) in [5.41, 5.74) is 8.51. The van der Waals surface area contributed by atoms with Crippen molar-refractivity contribution >= 4 is 34.1 Å². The van der Waals surface area contributed by atoms with Crippen molar-refractivity contribution in [2.45, 2.75) is 13.0 Å². The van der Waals surface area contributed by atoms with Crippen molar-refractivity contribution in [3.05, 3.63) is 35.9 Å². The zero-order chi connectivity index (χ0) is 22.9. The largest absolute Gasteiger partial charge is 0.474 e. The molecule has 4 N–H and O–H groups in total. The van der Waals surface area contributed by atoms with Crippen LogP contribution >= 0.6 is 0 Å². The van der Waals surface area contributed by atoms with E-state index in [1.807, 2.05) is 6.92 Å². The highest BCUT2D eigenvalue weighted by atomic mass is 19.1. The number of rotatable bonds is 3. The Morgan fingerprint density at radius 1 is 1.24 bits per heavy atom. The number of nitrogens with zero attached hydrogens (tertiary/aromatic N) is 3. The summed E-state index contributed by atoms with van der Waals surface area (Å²) in [6.07, 6.45) is 1.93. The van der Waals surface area contributed by atoms with Crippen molar-refractivity contribution in [3.8, 4) is 17.0 Å². The predicted octanol–water partition coefficient (Wildman–Crippen LogP) is 3.26. The van der Waals surface area contributed by atoms with Gasteiger partial charge in [-0.05, 0) is 30.0 Å². The number of halogens is 1. The molecule has 2 fully saturated rings. The molecule has 9 nitrogen and oxygen atoms in total. The number of ether oxygens (including phenoxy) is 2. The minimum Gasteiger partial charge on any atom is -0.474 e. The number of hydrogen-bond donors (Lipinski definition) is 3. The van der Waals surface area contributed by atoms with E-state index in [1.165, 1.54) is 11.1 Å². The van der Waals surface area contributed by atoms with Crippen molar-refractivity contribution in [3.63, 3.8) is 0 Å². The highest BCUT2D eigenvalue weighted by Gasteiger charge is 2.59. The fourth-order valence-electron chi connectivity index (χ4n) is 5.08. The van der Waals surface area contributed by atoms with Crippen LogP contribution in [0.5, 0.6) is 5.88 Å². The molecule has 0 radical (unpaired) electrons. The first-order valence-electron chi connectivity index (χ1n) is 10.8. The molecule has 1 aliphatic carbocycles. The van der Waals surface area contributed by atoms with Crippen molar-refractivity contribution in [1.82, 2.24) is 9.97 Å². The van der Waals surface area contributed by atoms with Gasteiger partial charge in [-0.25, -0.2) is 19.2 Å². The van der Waals surface area contributed by atoms with E-state index in [2.05, 4.69) is 15.3 Å². The molecule has 0 bridgehead atoms. The molecular formula is C23H22FN5O4. The molecule has 2 atom stereocenters. The standard InChI is InChI=1S/C23H22FN5O4/c1-10-13(6-28-22-20(10)26-2-3-33-22)12-4-11-5-17(27-7-14(11)19(25)18(12)24)29(23(30)31)21-15-8-32-9-16(15)21/h4-7,15-16,21,26H,2-3,8-9,25H2,1H3,(H,30,31). The zero-order valence-electron chi connectivity index (χ0n) is 17.8. The number of nitrogens with two attached hydrogens (primary N) is 1. The van der Waals surface area contributed by atoms with Gasteiger partial charge in [-0.1, -0.05) is 0 Å². The van der Waals surface area contributed by atoms with Crippen LogP contribution in [0.4, 0.5) is 26.4 Å². The summed E-state index contributed by atoms with van der Waals surface area (Å²) < 4.78 is 26.3. The summed E-state index contributed by atoms with van der Waals surface area (Å²) >= 11 is 0. The first-order chi connectivity index (χ1) is 16.0. The molecular weight excluding hydrogens is 429 g/mol. The highest BCUT2D eigenvalue weighted by Crippen LogP contribution is 2.49. The number of fused-ring (bicyclic) bond motifs is 3. The molecule has 33 heavy (non-hydrogen) atoms. The third-order valence-corrected chi connectivity index (χ3v) is 6.88. The third kappa shape index (κ3) is 2.97. The predicted molar refractivity (Wildman–Crippen MR) is 120 cm³/mol. The smallest absolute Gasteiger partial charge is 0.413 e. The van der Waals surface area contributed by atoms with E-state index in [0.717, 1.165) is 11.3 Å². The van der Waals surface area contributed by atoms with Gasteiger partial charge in [0, 0.05) is 47.3 Å². The van der Waals surface area contributed by atoms with Crippen molar-refractivity contribution in [2.75, 3.05) is 42.3 Å². The lowest BCUT2D eigenvalue weighted by molar-refractivity contribution is 0.156. The summed E-state index contributed by atoms with van der Waals surface area (Å²) in [6, 6.07) is 3.17. The number of pyridine rings is 2. The Hall–Kier alpha value is -3.66. The van der Waals surface area contributed by atoms with Crippen LogP contribution in [0.15, 0.2) is 24.5 Å². The average molecular weight is 451 g/mol. The Kier molecular flexibility index (Phi) is 4.34. The van der Waals surface area contributed by atoms with E-state index in [-0.39, 0.29) is 29.1 Å². The Labute approximate surface area is 188 Å².